The fraction of sp³-hybridized carbons (Fsp3) is 0.188. The molecule has 1 aliphatic rings. The van der Waals surface area contributed by atoms with Gasteiger partial charge < -0.3 is 25.7 Å². The van der Waals surface area contributed by atoms with Crippen LogP contribution in [0.4, 0.5) is 43.4 Å². The summed E-state index contributed by atoms with van der Waals surface area (Å²) in [6.45, 7) is 13.6. The molecule has 18 heteroatoms. The van der Waals surface area contributed by atoms with E-state index >= 15 is 0 Å². The molecule has 346 valence electrons. The van der Waals surface area contributed by atoms with Gasteiger partial charge in [0.25, 0.3) is 17.1 Å². The van der Waals surface area contributed by atoms with Crippen LogP contribution in [-0.2, 0) is 9.31 Å². The number of nitrogens with two attached hydrogens (primary N) is 1. The van der Waals surface area contributed by atoms with E-state index in [0.29, 0.717) is 11.4 Å². The van der Waals surface area contributed by atoms with Crippen LogP contribution in [0.25, 0.3) is 0 Å². The SMILES string of the molecule is Cc1cc(N)ccc1Br.Cc1cc(NC(=O)c2c(F)cccc2F)ccc1B1OC(C)(C)C(C)(C)O1.Cc1cc(NC(=O)c2c(F)cccc2F)ccc1Br.O=C(Cl)c1c(F)cccc1F. The van der Waals surface area contributed by atoms with Gasteiger partial charge in [0.15, 0.2) is 0 Å². The first-order chi connectivity index (χ1) is 30.8. The third kappa shape index (κ3) is 13.8. The van der Waals surface area contributed by atoms with Crippen molar-refractivity contribution in [3.8, 4) is 0 Å². The van der Waals surface area contributed by atoms with Gasteiger partial charge in [-0.3, -0.25) is 14.4 Å². The third-order valence-corrected chi connectivity index (χ3v) is 12.1. The summed E-state index contributed by atoms with van der Waals surface area (Å²) in [5, 5.41) is 3.87. The van der Waals surface area contributed by atoms with Crippen molar-refractivity contribution in [1.29, 1.82) is 0 Å². The summed E-state index contributed by atoms with van der Waals surface area (Å²) in [6.07, 6.45) is 0. The predicted molar refractivity (Wildman–Crippen MR) is 254 cm³/mol. The molecule has 4 N–H and O–H groups in total. The van der Waals surface area contributed by atoms with Crippen molar-refractivity contribution in [2.24, 2.45) is 0 Å². The van der Waals surface area contributed by atoms with E-state index in [2.05, 4.69) is 42.5 Å². The molecule has 1 aliphatic heterocycles. The van der Waals surface area contributed by atoms with Gasteiger partial charge in [-0.15, -0.1) is 0 Å². The number of hydrogen-bond acceptors (Lipinski definition) is 6. The lowest BCUT2D eigenvalue weighted by atomic mass is 9.76. The van der Waals surface area contributed by atoms with E-state index in [1.165, 1.54) is 17.7 Å². The summed E-state index contributed by atoms with van der Waals surface area (Å²) in [6, 6.07) is 25.7. The first-order valence-corrected chi connectivity index (χ1v) is 21.7. The fourth-order valence-corrected chi connectivity index (χ4v) is 6.55. The normalized spacial score (nSPS) is 13.2. The van der Waals surface area contributed by atoms with Crippen LogP contribution in [0.1, 0.15) is 75.5 Å². The van der Waals surface area contributed by atoms with Gasteiger partial charge in [0.05, 0.1) is 11.2 Å². The van der Waals surface area contributed by atoms with Crippen LogP contribution < -0.4 is 21.8 Å². The number of amides is 2. The van der Waals surface area contributed by atoms with Gasteiger partial charge in [0, 0.05) is 26.0 Å². The summed E-state index contributed by atoms with van der Waals surface area (Å²) in [5.41, 5.74) is 8.18. The molecule has 0 atom stereocenters. The Morgan fingerprint density at radius 2 is 0.894 bits per heavy atom. The predicted octanol–water partition coefficient (Wildman–Crippen LogP) is 12.8. The molecule has 0 radical (unpaired) electrons. The molecule has 0 bridgehead atoms. The van der Waals surface area contributed by atoms with E-state index < -0.39 is 87.0 Å². The fourth-order valence-electron chi connectivity index (χ4n) is 5.88. The average molecular weight is 1060 g/mol. The number of rotatable bonds is 6. The Morgan fingerprint density at radius 3 is 1.23 bits per heavy atom. The lowest BCUT2D eigenvalue weighted by molar-refractivity contribution is 0.00578. The molecule has 6 aromatic rings. The van der Waals surface area contributed by atoms with Crippen LogP contribution in [0, 0.1) is 55.7 Å². The minimum absolute atomic E-state index is 0.431. The number of anilines is 3. The Morgan fingerprint density at radius 1 is 0.545 bits per heavy atom. The maximum Gasteiger partial charge on any atom is 0.495 e. The average Bonchev–Trinajstić information content (AvgIpc) is 3.43. The lowest BCUT2D eigenvalue weighted by Gasteiger charge is -2.32. The molecular formula is C48H43BBr2ClF6N3O5. The summed E-state index contributed by atoms with van der Waals surface area (Å²) in [5.74, 6) is -7.10. The van der Waals surface area contributed by atoms with Gasteiger partial charge in [-0.25, -0.2) is 26.3 Å². The number of nitrogens with one attached hydrogen (secondary N) is 2. The molecule has 0 unspecified atom stereocenters. The van der Waals surface area contributed by atoms with E-state index in [9.17, 15) is 40.7 Å². The second kappa shape index (κ2) is 22.8. The number of aryl methyl sites for hydroxylation is 3. The van der Waals surface area contributed by atoms with E-state index in [4.69, 9.17) is 26.6 Å². The van der Waals surface area contributed by atoms with Crippen molar-refractivity contribution in [1.82, 2.24) is 0 Å². The van der Waals surface area contributed by atoms with Crippen molar-refractivity contribution in [3.63, 3.8) is 0 Å². The molecule has 0 aromatic heterocycles. The van der Waals surface area contributed by atoms with Crippen LogP contribution in [0.15, 0.2) is 118 Å². The molecule has 1 fully saturated rings. The van der Waals surface area contributed by atoms with Crippen LogP contribution in [0.5, 0.6) is 0 Å². The number of hydrogen-bond donors (Lipinski definition) is 3. The second-order valence-corrected chi connectivity index (χ2v) is 17.7. The highest BCUT2D eigenvalue weighted by Crippen LogP contribution is 2.37. The maximum absolute atomic E-state index is 13.8. The molecule has 8 nitrogen and oxygen atoms in total. The Balaban J connectivity index is 0.000000211. The van der Waals surface area contributed by atoms with Crippen molar-refractivity contribution in [3.05, 3.63) is 186 Å². The summed E-state index contributed by atoms with van der Waals surface area (Å²) >= 11 is 11.6. The first kappa shape index (κ1) is 53.2. The van der Waals surface area contributed by atoms with E-state index in [0.717, 1.165) is 73.7 Å². The van der Waals surface area contributed by atoms with Crippen molar-refractivity contribution < 1.29 is 50.0 Å². The summed E-state index contributed by atoms with van der Waals surface area (Å²) < 4.78 is 93.6. The molecule has 0 saturated carbocycles. The topological polar surface area (TPSA) is 120 Å². The monoisotopic (exact) mass is 1060 g/mol. The standard InChI is InChI=1S/C20H22BF2NO3.C14H10BrF2NO.C7H8BrN.C7H3ClF2O/c1-12-11-13(24-18(25)17-15(22)7-6-8-16(17)23)9-10-14(12)21-26-19(2,3)20(4,5)27-21;1-8-7-9(5-6-10(8)15)18-14(19)13-11(16)3-2-4-12(13)17;1-5-4-6(9)2-3-7(5)8;8-7(11)6-4(9)2-1-3-5(6)10/h6-11H,1-5H3,(H,24,25);2-7H,1H3,(H,18,19);2-4H,9H2,1H3;1-3H. The van der Waals surface area contributed by atoms with Gasteiger partial charge in [-0.2, -0.15) is 0 Å². The van der Waals surface area contributed by atoms with Crippen molar-refractivity contribution >= 4 is 90.2 Å². The largest absolute Gasteiger partial charge is 0.495 e. The van der Waals surface area contributed by atoms with Crippen LogP contribution >= 0.6 is 43.5 Å². The Bertz CT molecular complexity index is 2690. The zero-order valence-electron chi connectivity index (χ0n) is 36.5. The molecule has 0 aliphatic carbocycles. The number of nitrogen functional groups attached to an aromatic ring is 1. The van der Waals surface area contributed by atoms with Crippen molar-refractivity contribution in [2.45, 2.75) is 59.7 Å². The molecule has 6 aromatic carbocycles. The van der Waals surface area contributed by atoms with Gasteiger partial charge in [0.1, 0.15) is 51.6 Å². The molecule has 7 rings (SSSR count). The molecule has 66 heavy (non-hydrogen) atoms. The van der Waals surface area contributed by atoms with Gasteiger partial charge in [0.2, 0.25) is 0 Å². The Hall–Kier alpha value is -5.46. The van der Waals surface area contributed by atoms with Crippen LogP contribution in [0.2, 0.25) is 0 Å². The zero-order chi connectivity index (χ0) is 49.3. The van der Waals surface area contributed by atoms with Gasteiger partial charge in [-0.05, 0) is 167 Å². The molecule has 1 heterocycles. The van der Waals surface area contributed by atoms with Gasteiger partial charge in [-0.1, -0.05) is 56.1 Å². The summed E-state index contributed by atoms with van der Waals surface area (Å²) in [7, 11) is -0.524. The molecule has 1 saturated heterocycles. The highest BCUT2D eigenvalue weighted by atomic mass is 79.9. The first-order valence-electron chi connectivity index (χ1n) is 19.7. The smallest absolute Gasteiger partial charge is 0.399 e. The molecule has 2 amide bonds. The molecular weight excluding hydrogens is 1020 g/mol. The zero-order valence-corrected chi connectivity index (χ0v) is 40.4. The number of carbonyl (C=O) groups is 3. The van der Waals surface area contributed by atoms with Crippen molar-refractivity contribution in [2.75, 3.05) is 16.4 Å². The summed E-state index contributed by atoms with van der Waals surface area (Å²) in [4.78, 5) is 34.5. The minimum Gasteiger partial charge on any atom is -0.399 e. The Labute approximate surface area is 400 Å². The van der Waals surface area contributed by atoms with E-state index in [1.807, 2.05) is 66.7 Å². The number of carbonyl (C=O) groups excluding carboxylic acids is 3. The van der Waals surface area contributed by atoms with Crippen LogP contribution in [0.3, 0.4) is 0 Å². The highest BCUT2D eigenvalue weighted by molar-refractivity contribution is 9.10. The maximum atomic E-state index is 13.8. The molecule has 0 spiro atoms. The quantitative estimate of drug-likeness (QED) is 0.0661. The second-order valence-electron chi connectivity index (χ2n) is 15.6. The third-order valence-electron chi connectivity index (χ3n) is 10.2. The van der Waals surface area contributed by atoms with Gasteiger partial charge >= 0.3 is 7.12 Å². The van der Waals surface area contributed by atoms with Crippen LogP contribution in [-0.4, -0.2) is 35.4 Å². The minimum atomic E-state index is -1.12. The Kier molecular flexibility index (Phi) is 18.4. The van der Waals surface area contributed by atoms with E-state index in [1.54, 1.807) is 36.4 Å². The number of benzene rings is 6. The lowest BCUT2D eigenvalue weighted by Crippen LogP contribution is -2.41. The van der Waals surface area contributed by atoms with E-state index in [-0.39, 0.29) is 0 Å². The number of halogens is 9. The highest BCUT2D eigenvalue weighted by Gasteiger charge is 2.52.